The Labute approximate surface area is 104 Å². The lowest BCUT2D eigenvalue weighted by Crippen LogP contribution is -2.24. The molecule has 0 spiro atoms. The molecule has 0 bridgehead atoms. The van der Waals surface area contributed by atoms with E-state index in [4.69, 9.17) is 5.73 Å². The van der Waals surface area contributed by atoms with Gasteiger partial charge in [0, 0.05) is 18.3 Å². The second kappa shape index (κ2) is 5.21. The van der Waals surface area contributed by atoms with Crippen molar-refractivity contribution < 1.29 is 0 Å². The summed E-state index contributed by atoms with van der Waals surface area (Å²) < 4.78 is 2.33. The zero-order valence-corrected chi connectivity index (χ0v) is 11.3. The Balaban J connectivity index is 2.13. The van der Waals surface area contributed by atoms with Crippen molar-refractivity contribution in [1.82, 2.24) is 9.55 Å². The maximum atomic E-state index is 6.26. The Kier molecular flexibility index (Phi) is 3.87. The van der Waals surface area contributed by atoms with Crippen LogP contribution in [0.15, 0.2) is 12.5 Å². The minimum atomic E-state index is 0.108. The fourth-order valence-electron chi connectivity index (χ4n) is 2.74. The average molecular weight is 235 g/mol. The van der Waals surface area contributed by atoms with E-state index in [1.165, 1.54) is 31.4 Å². The van der Waals surface area contributed by atoms with Crippen LogP contribution >= 0.6 is 0 Å². The summed E-state index contributed by atoms with van der Waals surface area (Å²) in [4.78, 5) is 4.30. The van der Waals surface area contributed by atoms with E-state index in [1.54, 1.807) is 0 Å². The van der Waals surface area contributed by atoms with Gasteiger partial charge >= 0.3 is 0 Å². The Hall–Kier alpha value is -0.830. The summed E-state index contributed by atoms with van der Waals surface area (Å²) in [6.45, 7) is 6.70. The standard InChI is InChI=1S/C14H25N3/c1-10(2)14(15)13-8-16-9-17(13)12-6-4-11(3)5-7-12/h8-12,14H,4-7,15H2,1-3H3. The highest BCUT2D eigenvalue weighted by Gasteiger charge is 2.23. The fourth-order valence-corrected chi connectivity index (χ4v) is 2.74. The van der Waals surface area contributed by atoms with Crippen LogP contribution in [0.5, 0.6) is 0 Å². The van der Waals surface area contributed by atoms with E-state index in [-0.39, 0.29) is 6.04 Å². The predicted octanol–water partition coefficient (Wildman–Crippen LogP) is 3.29. The molecule has 1 aliphatic carbocycles. The minimum Gasteiger partial charge on any atom is -0.330 e. The molecule has 0 aliphatic heterocycles. The molecule has 1 aromatic heterocycles. The third-order valence-corrected chi connectivity index (χ3v) is 4.13. The summed E-state index contributed by atoms with van der Waals surface area (Å²) in [5.41, 5.74) is 7.46. The second-order valence-corrected chi connectivity index (χ2v) is 5.91. The van der Waals surface area contributed by atoms with Crippen molar-refractivity contribution in [2.45, 2.75) is 58.5 Å². The Morgan fingerprint density at radius 2 is 1.94 bits per heavy atom. The summed E-state index contributed by atoms with van der Waals surface area (Å²) in [6, 6.07) is 0.727. The van der Waals surface area contributed by atoms with Crippen molar-refractivity contribution in [3.05, 3.63) is 18.2 Å². The maximum Gasteiger partial charge on any atom is 0.0951 e. The molecule has 0 saturated heterocycles. The molecule has 1 aliphatic rings. The van der Waals surface area contributed by atoms with Gasteiger partial charge in [0.25, 0.3) is 0 Å². The summed E-state index contributed by atoms with van der Waals surface area (Å²) in [6.07, 6.45) is 9.13. The molecule has 1 atom stereocenters. The van der Waals surface area contributed by atoms with Crippen LogP contribution in [-0.4, -0.2) is 9.55 Å². The number of imidazole rings is 1. The second-order valence-electron chi connectivity index (χ2n) is 5.91. The molecule has 1 unspecified atom stereocenters. The highest BCUT2D eigenvalue weighted by atomic mass is 15.1. The zero-order chi connectivity index (χ0) is 12.4. The van der Waals surface area contributed by atoms with Gasteiger partial charge in [0.2, 0.25) is 0 Å². The van der Waals surface area contributed by atoms with Gasteiger partial charge in [-0.2, -0.15) is 0 Å². The SMILES string of the molecule is CC1CCC(n2cncc2C(N)C(C)C)CC1. The van der Waals surface area contributed by atoms with Gasteiger partial charge < -0.3 is 10.3 Å². The quantitative estimate of drug-likeness (QED) is 0.873. The zero-order valence-electron chi connectivity index (χ0n) is 11.3. The molecule has 1 aromatic rings. The van der Waals surface area contributed by atoms with Crippen LogP contribution in [0.2, 0.25) is 0 Å². The highest BCUT2D eigenvalue weighted by molar-refractivity contribution is 5.07. The molecular formula is C14H25N3. The first kappa shape index (κ1) is 12.6. The highest BCUT2D eigenvalue weighted by Crippen LogP contribution is 2.34. The first-order valence-corrected chi connectivity index (χ1v) is 6.87. The summed E-state index contributed by atoms with van der Waals surface area (Å²) in [7, 11) is 0. The number of nitrogens with two attached hydrogens (primary N) is 1. The molecule has 3 heteroatoms. The van der Waals surface area contributed by atoms with Crippen molar-refractivity contribution in [2.75, 3.05) is 0 Å². The fraction of sp³-hybridized carbons (Fsp3) is 0.786. The van der Waals surface area contributed by atoms with Crippen LogP contribution in [-0.2, 0) is 0 Å². The molecular weight excluding hydrogens is 210 g/mol. The van der Waals surface area contributed by atoms with E-state index < -0.39 is 0 Å². The minimum absolute atomic E-state index is 0.108. The van der Waals surface area contributed by atoms with Crippen LogP contribution < -0.4 is 5.73 Å². The maximum absolute atomic E-state index is 6.26. The van der Waals surface area contributed by atoms with Crippen molar-refractivity contribution in [3.63, 3.8) is 0 Å². The van der Waals surface area contributed by atoms with Gasteiger partial charge in [-0.1, -0.05) is 20.8 Å². The lowest BCUT2D eigenvalue weighted by Gasteiger charge is -2.30. The number of nitrogens with zero attached hydrogens (tertiary/aromatic N) is 2. The van der Waals surface area contributed by atoms with Crippen LogP contribution in [0.3, 0.4) is 0 Å². The van der Waals surface area contributed by atoms with Gasteiger partial charge in [-0.25, -0.2) is 4.98 Å². The van der Waals surface area contributed by atoms with Crippen molar-refractivity contribution in [1.29, 1.82) is 0 Å². The monoisotopic (exact) mass is 235 g/mol. The molecule has 3 nitrogen and oxygen atoms in total. The molecule has 0 amide bonds. The Bertz CT molecular complexity index is 348. The summed E-state index contributed by atoms with van der Waals surface area (Å²) in [5.74, 6) is 1.35. The molecule has 1 heterocycles. The van der Waals surface area contributed by atoms with Gasteiger partial charge in [-0.05, 0) is 37.5 Å². The van der Waals surface area contributed by atoms with Crippen LogP contribution in [0.25, 0.3) is 0 Å². The van der Waals surface area contributed by atoms with E-state index in [9.17, 15) is 0 Å². The topological polar surface area (TPSA) is 43.8 Å². The molecule has 1 saturated carbocycles. The molecule has 1 fully saturated rings. The van der Waals surface area contributed by atoms with Crippen molar-refractivity contribution >= 4 is 0 Å². The number of rotatable bonds is 3. The van der Waals surface area contributed by atoms with Gasteiger partial charge in [-0.15, -0.1) is 0 Å². The van der Waals surface area contributed by atoms with Crippen molar-refractivity contribution in [3.8, 4) is 0 Å². The van der Waals surface area contributed by atoms with Gasteiger partial charge in [0.05, 0.1) is 12.0 Å². The Morgan fingerprint density at radius 3 is 2.53 bits per heavy atom. The first-order valence-electron chi connectivity index (χ1n) is 6.87. The molecule has 0 aromatic carbocycles. The lowest BCUT2D eigenvalue weighted by molar-refractivity contribution is 0.280. The van der Waals surface area contributed by atoms with E-state index in [1.807, 2.05) is 12.5 Å². The summed E-state index contributed by atoms with van der Waals surface area (Å²) in [5, 5.41) is 0. The Morgan fingerprint density at radius 1 is 1.29 bits per heavy atom. The van der Waals surface area contributed by atoms with E-state index >= 15 is 0 Å². The van der Waals surface area contributed by atoms with Crippen LogP contribution in [0.1, 0.15) is 64.2 Å². The molecule has 0 radical (unpaired) electrons. The van der Waals surface area contributed by atoms with Crippen molar-refractivity contribution in [2.24, 2.45) is 17.6 Å². The van der Waals surface area contributed by atoms with Crippen LogP contribution in [0.4, 0.5) is 0 Å². The number of hydrogen-bond donors (Lipinski definition) is 1. The average Bonchev–Trinajstić information content (AvgIpc) is 2.77. The smallest absolute Gasteiger partial charge is 0.0951 e. The van der Waals surface area contributed by atoms with Crippen LogP contribution in [0, 0.1) is 11.8 Å². The first-order chi connectivity index (χ1) is 8.09. The number of hydrogen-bond acceptors (Lipinski definition) is 2. The third kappa shape index (κ3) is 2.71. The largest absolute Gasteiger partial charge is 0.330 e. The van der Waals surface area contributed by atoms with Gasteiger partial charge in [-0.3, -0.25) is 0 Å². The van der Waals surface area contributed by atoms with Gasteiger partial charge in [0.15, 0.2) is 0 Å². The molecule has 96 valence electrons. The van der Waals surface area contributed by atoms with E-state index in [2.05, 4.69) is 30.3 Å². The summed E-state index contributed by atoms with van der Waals surface area (Å²) >= 11 is 0. The van der Waals surface area contributed by atoms with Gasteiger partial charge in [0.1, 0.15) is 0 Å². The van der Waals surface area contributed by atoms with E-state index in [0.29, 0.717) is 12.0 Å². The third-order valence-electron chi connectivity index (χ3n) is 4.13. The predicted molar refractivity (Wildman–Crippen MR) is 70.7 cm³/mol. The normalized spacial score (nSPS) is 27.4. The molecule has 17 heavy (non-hydrogen) atoms. The number of aromatic nitrogens is 2. The molecule has 2 N–H and O–H groups in total. The molecule has 2 rings (SSSR count). The van der Waals surface area contributed by atoms with E-state index in [0.717, 1.165) is 5.92 Å². The lowest BCUT2D eigenvalue weighted by atomic mass is 9.87.